The number of nitrogens with zero attached hydrogens (tertiary/aromatic N) is 2. The topological polar surface area (TPSA) is 102 Å². The van der Waals surface area contributed by atoms with Gasteiger partial charge in [-0.2, -0.15) is 0 Å². The van der Waals surface area contributed by atoms with Gasteiger partial charge < -0.3 is 15.6 Å². The van der Waals surface area contributed by atoms with Crippen molar-refractivity contribution in [2.24, 2.45) is 5.73 Å². The number of thiazole rings is 1. The van der Waals surface area contributed by atoms with E-state index in [1.54, 1.807) is 23.7 Å². The first-order valence-electron chi connectivity index (χ1n) is 7.51. The number of hydrogen-bond acceptors (Lipinski definition) is 5. The minimum atomic E-state index is -0.224. The largest absolute Gasteiger partial charge is 0.345 e. The maximum atomic E-state index is 12.4. The predicted octanol–water partition coefficient (Wildman–Crippen LogP) is 1.42. The quantitative estimate of drug-likeness (QED) is 0.670. The molecule has 0 radical (unpaired) electrons. The van der Waals surface area contributed by atoms with Gasteiger partial charge in [-0.05, 0) is 18.2 Å². The summed E-state index contributed by atoms with van der Waals surface area (Å²) >= 11 is 1.36. The van der Waals surface area contributed by atoms with Crippen LogP contribution in [0.5, 0.6) is 0 Å². The number of carbonyl (C=O) groups excluding carboxylic acids is 2. The Morgan fingerprint density at radius 2 is 2.33 bits per heavy atom. The van der Waals surface area contributed by atoms with Gasteiger partial charge in [0.15, 0.2) is 5.13 Å². The first kappa shape index (κ1) is 14.9. The van der Waals surface area contributed by atoms with Gasteiger partial charge in [-0.1, -0.05) is 6.07 Å². The van der Waals surface area contributed by atoms with Gasteiger partial charge in [0.1, 0.15) is 5.69 Å². The highest BCUT2D eigenvalue weighted by Gasteiger charge is 2.25. The lowest BCUT2D eigenvalue weighted by Crippen LogP contribution is -2.47. The maximum absolute atomic E-state index is 12.4. The Morgan fingerprint density at radius 1 is 1.46 bits per heavy atom. The van der Waals surface area contributed by atoms with Gasteiger partial charge in [0.2, 0.25) is 0 Å². The summed E-state index contributed by atoms with van der Waals surface area (Å²) in [5.41, 5.74) is 7.66. The average molecular weight is 341 g/mol. The van der Waals surface area contributed by atoms with Crippen molar-refractivity contribution in [2.75, 3.05) is 11.9 Å². The summed E-state index contributed by atoms with van der Waals surface area (Å²) in [6.45, 7) is 0.966. The first-order valence-corrected chi connectivity index (χ1v) is 8.39. The number of rotatable bonds is 3. The number of benzene rings is 1. The molecule has 3 aromatic rings. The normalized spacial score (nSPS) is 16.7. The Bertz CT molecular complexity index is 932. The molecule has 2 amide bonds. The van der Waals surface area contributed by atoms with E-state index in [0.717, 1.165) is 10.9 Å². The molecule has 7 nitrogen and oxygen atoms in total. The van der Waals surface area contributed by atoms with Gasteiger partial charge in [-0.15, -0.1) is 11.3 Å². The SMILES string of the molecule is NC[C@@H]1Cn2c(cc3ccc(C(=O)Nc4nccs4)cc32)C(=O)N1. The van der Waals surface area contributed by atoms with Crippen molar-refractivity contribution >= 4 is 39.2 Å². The van der Waals surface area contributed by atoms with Crippen LogP contribution in [0, 0.1) is 0 Å². The minimum Gasteiger partial charge on any atom is -0.345 e. The molecule has 1 aromatic carbocycles. The standard InChI is InChI=1S/C16H15N5O2S/c17-7-11-8-21-12-6-10(14(22)20-16-18-3-4-24-16)2-1-9(12)5-13(21)15(23)19-11/h1-6,11H,7-8,17H2,(H,19,23)(H,18,20,22)/t11-/m1/s1. The summed E-state index contributed by atoms with van der Waals surface area (Å²) in [5, 5.41) is 8.92. The van der Waals surface area contributed by atoms with Crippen molar-refractivity contribution in [3.05, 3.63) is 47.1 Å². The van der Waals surface area contributed by atoms with Crippen LogP contribution >= 0.6 is 11.3 Å². The average Bonchev–Trinajstić information content (AvgIpc) is 3.22. The number of nitrogens with one attached hydrogen (secondary N) is 2. The van der Waals surface area contributed by atoms with Gasteiger partial charge in [0.05, 0.1) is 6.04 Å². The van der Waals surface area contributed by atoms with E-state index in [-0.39, 0.29) is 17.9 Å². The van der Waals surface area contributed by atoms with Crippen LogP contribution in [0.1, 0.15) is 20.8 Å². The third-order valence-corrected chi connectivity index (χ3v) is 4.76. The van der Waals surface area contributed by atoms with Crippen molar-refractivity contribution in [3.63, 3.8) is 0 Å². The van der Waals surface area contributed by atoms with Gasteiger partial charge in [0, 0.05) is 41.1 Å². The number of amides is 2. The van der Waals surface area contributed by atoms with Crippen LogP contribution < -0.4 is 16.4 Å². The van der Waals surface area contributed by atoms with Crippen LogP contribution in [0.4, 0.5) is 5.13 Å². The highest BCUT2D eigenvalue weighted by Crippen LogP contribution is 2.24. The van der Waals surface area contributed by atoms with E-state index in [1.807, 2.05) is 16.7 Å². The minimum absolute atomic E-state index is 0.103. The Labute approximate surface area is 141 Å². The lowest BCUT2D eigenvalue weighted by molar-refractivity contribution is 0.0904. The van der Waals surface area contributed by atoms with Crippen LogP contribution in [0.3, 0.4) is 0 Å². The van der Waals surface area contributed by atoms with Crippen molar-refractivity contribution < 1.29 is 9.59 Å². The molecular weight excluding hydrogens is 326 g/mol. The van der Waals surface area contributed by atoms with Crippen LogP contribution in [0.25, 0.3) is 10.9 Å². The zero-order valence-corrected chi connectivity index (χ0v) is 13.5. The summed E-state index contributed by atoms with van der Waals surface area (Å²) in [6, 6.07) is 7.12. The summed E-state index contributed by atoms with van der Waals surface area (Å²) in [6.07, 6.45) is 1.64. The van der Waals surface area contributed by atoms with E-state index < -0.39 is 0 Å². The zero-order chi connectivity index (χ0) is 16.7. The Balaban J connectivity index is 1.73. The third kappa shape index (κ3) is 2.45. The van der Waals surface area contributed by atoms with E-state index in [9.17, 15) is 9.59 Å². The molecule has 0 saturated carbocycles. The first-order chi connectivity index (χ1) is 11.7. The van der Waals surface area contributed by atoms with Gasteiger partial charge in [-0.3, -0.25) is 14.9 Å². The number of aromatic nitrogens is 2. The Kier molecular flexibility index (Phi) is 3.55. The summed E-state index contributed by atoms with van der Waals surface area (Å²) in [4.78, 5) is 28.6. The number of hydrogen-bond donors (Lipinski definition) is 3. The molecule has 0 fully saturated rings. The predicted molar refractivity (Wildman–Crippen MR) is 92.3 cm³/mol. The molecule has 1 atom stereocenters. The van der Waals surface area contributed by atoms with E-state index in [2.05, 4.69) is 15.6 Å². The molecule has 3 heterocycles. The monoisotopic (exact) mass is 341 g/mol. The fourth-order valence-corrected chi connectivity index (χ4v) is 3.42. The molecule has 0 aliphatic carbocycles. The molecule has 1 aliphatic rings. The van der Waals surface area contributed by atoms with Crippen molar-refractivity contribution in [2.45, 2.75) is 12.6 Å². The van der Waals surface area contributed by atoms with E-state index in [0.29, 0.717) is 29.5 Å². The van der Waals surface area contributed by atoms with Crippen LogP contribution in [-0.4, -0.2) is 34.0 Å². The smallest absolute Gasteiger partial charge is 0.268 e. The third-order valence-electron chi connectivity index (χ3n) is 4.07. The summed E-state index contributed by atoms with van der Waals surface area (Å²) in [5.74, 6) is -0.361. The highest BCUT2D eigenvalue weighted by molar-refractivity contribution is 7.13. The lowest BCUT2D eigenvalue weighted by atomic mass is 10.1. The summed E-state index contributed by atoms with van der Waals surface area (Å²) in [7, 11) is 0. The molecule has 8 heteroatoms. The van der Waals surface area contributed by atoms with Crippen molar-refractivity contribution in [1.82, 2.24) is 14.9 Å². The molecule has 4 N–H and O–H groups in total. The van der Waals surface area contributed by atoms with Crippen LogP contribution in [0.2, 0.25) is 0 Å². The molecule has 24 heavy (non-hydrogen) atoms. The van der Waals surface area contributed by atoms with E-state index >= 15 is 0 Å². The molecule has 2 aromatic heterocycles. The fourth-order valence-electron chi connectivity index (χ4n) is 2.89. The van der Waals surface area contributed by atoms with Gasteiger partial charge >= 0.3 is 0 Å². The number of anilines is 1. The summed E-state index contributed by atoms with van der Waals surface area (Å²) < 4.78 is 1.92. The molecule has 0 bridgehead atoms. The van der Waals surface area contributed by atoms with Crippen LogP contribution in [-0.2, 0) is 6.54 Å². The Hall–Kier alpha value is -2.71. The number of nitrogens with two attached hydrogens (primary N) is 1. The highest BCUT2D eigenvalue weighted by atomic mass is 32.1. The molecular formula is C16H15N5O2S. The van der Waals surface area contributed by atoms with Gasteiger partial charge in [0.25, 0.3) is 11.8 Å². The second-order valence-corrected chi connectivity index (χ2v) is 6.51. The zero-order valence-electron chi connectivity index (χ0n) is 12.7. The second-order valence-electron chi connectivity index (χ2n) is 5.61. The Morgan fingerprint density at radius 3 is 3.08 bits per heavy atom. The van der Waals surface area contributed by atoms with E-state index in [1.165, 1.54) is 11.3 Å². The lowest BCUT2D eigenvalue weighted by Gasteiger charge is -2.25. The second kappa shape index (κ2) is 5.73. The molecule has 1 aliphatic heterocycles. The number of carbonyl (C=O) groups is 2. The van der Waals surface area contributed by atoms with Crippen molar-refractivity contribution in [1.29, 1.82) is 0 Å². The molecule has 0 spiro atoms. The maximum Gasteiger partial charge on any atom is 0.268 e. The van der Waals surface area contributed by atoms with Gasteiger partial charge in [-0.25, -0.2) is 4.98 Å². The van der Waals surface area contributed by atoms with E-state index in [4.69, 9.17) is 5.73 Å². The fraction of sp³-hybridized carbons (Fsp3) is 0.188. The molecule has 0 saturated heterocycles. The molecule has 0 unspecified atom stereocenters. The number of fused-ring (bicyclic) bond motifs is 3. The molecule has 122 valence electrons. The van der Waals surface area contributed by atoms with Crippen molar-refractivity contribution in [3.8, 4) is 0 Å². The molecule has 4 rings (SSSR count). The van der Waals surface area contributed by atoms with Crippen LogP contribution in [0.15, 0.2) is 35.8 Å².